The molecule has 3 aromatic rings. The van der Waals surface area contributed by atoms with Crippen LogP contribution in [0.1, 0.15) is 24.8 Å². The summed E-state index contributed by atoms with van der Waals surface area (Å²) in [5, 5.41) is 4.05. The van der Waals surface area contributed by atoms with Crippen molar-refractivity contribution in [1.82, 2.24) is 25.0 Å². The number of anilines is 1. The van der Waals surface area contributed by atoms with Gasteiger partial charge in [0, 0.05) is 57.0 Å². The molecular weight excluding hydrogens is 368 g/mol. The molecule has 0 bridgehead atoms. The minimum Gasteiger partial charge on any atom is -0.352 e. The molecule has 1 fully saturated rings. The van der Waals surface area contributed by atoms with E-state index in [1.807, 2.05) is 17.0 Å². The fraction of sp³-hybridized carbons (Fsp3) is 0.381. The van der Waals surface area contributed by atoms with Crippen LogP contribution in [0.15, 0.2) is 47.4 Å². The van der Waals surface area contributed by atoms with E-state index >= 15 is 0 Å². The zero-order valence-corrected chi connectivity index (χ0v) is 16.5. The van der Waals surface area contributed by atoms with Gasteiger partial charge in [-0.1, -0.05) is 36.3 Å². The number of aryl methyl sites for hydroxylation is 2. The zero-order valence-electron chi connectivity index (χ0n) is 16.5. The first-order valence-electron chi connectivity index (χ1n) is 9.93. The molecule has 2 aromatic heterocycles. The van der Waals surface area contributed by atoms with Gasteiger partial charge in [-0.25, -0.2) is 4.98 Å². The molecule has 0 radical (unpaired) electrons. The number of piperazine rings is 1. The van der Waals surface area contributed by atoms with Gasteiger partial charge in [0.15, 0.2) is 0 Å². The second kappa shape index (κ2) is 8.81. The molecule has 150 valence electrons. The molecule has 4 rings (SSSR count). The van der Waals surface area contributed by atoms with Gasteiger partial charge in [0.05, 0.1) is 6.20 Å². The smallest absolute Gasteiger partial charge is 0.227 e. The van der Waals surface area contributed by atoms with Crippen molar-refractivity contribution in [3.05, 3.63) is 54.3 Å². The Bertz CT molecular complexity index is 933. The predicted octanol–water partition coefficient (Wildman–Crippen LogP) is 2.37. The quantitative estimate of drug-likeness (QED) is 0.636. The van der Waals surface area contributed by atoms with Crippen molar-refractivity contribution >= 4 is 11.7 Å². The first-order valence-corrected chi connectivity index (χ1v) is 9.93. The lowest BCUT2D eigenvalue weighted by Crippen LogP contribution is -2.49. The molecule has 0 aliphatic carbocycles. The molecule has 3 heterocycles. The highest BCUT2D eigenvalue weighted by Gasteiger charge is 2.22. The highest BCUT2D eigenvalue weighted by Crippen LogP contribution is 2.18. The molecule has 1 aromatic carbocycles. The molecular formula is C21H24N6O2. The summed E-state index contributed by atoms with van der Waals surface area (Å²) in [6, 6.07) is 8.12. The van der Waals surface area contributed by atoms with Crippen LogP contribution in [0, 0.1) is 0 Å². The van der Waals surface area contributed by atoms with Crippen molar-refractivity contribution in [2.24, 2.45) is 0 Å². The van der Waals surface area contributed by atoms with Crippen LogP contribution in [-0.4, -0.2) is 57.1 Å². The molecule has 0 N–H and O–H groups in total. The summed E-state index contributed by atoms with van der Waals surface area (Å²) >= 11 is 0. The molecule has 8 nitrogen and oxygen atoms in total. The molecule has 8 heteroatoms. The van der Waals surface area contributed by atoms with Crippen molar-refractivity contribution in [2.75, 3.05) is 31.1 Å². The largest absolute Gasteiger partial charge is 0.352 e. The number of hydrogen-bond donors (Lipinski definition) is 0. The first kappa shape index (κ1) is 19.0. The molecule has 0 unspecified atom stereocenters. The van der Waals surface area contributed by atoms with Crippen LogP contribution < -0.4 is 4.90 Å². The van der Waals surface area contributed by atoms with Gasteiger partial charge < -0.3 is 14.3 Å². The topological polar surface area (TPSA) is 88.3 Å². The average Bonchev–Trinajstić information content (AvgIpc) is 3.27. The number of amides is 1. The maximum Gasteiger partial charge on any atom is 0.227 e. The van der Waals surface area contributed by atoms with Crippen LogP contribution >= 0.6 is 0 Å². The third-order valence-corrected chi connectivity index (χ3v) is 5.15. The lowest BCUT2D eigenvalue weighted by molar-refractivity contribution is -0.131. The normalized spacial score (nSPS) is 14.2. The van der Waals surface area contributed by atoms with E-state index in [1.165, 1.54) is 5.56 Å². The number of benzene rings is 1. The molecule has 1 aliphatic rings. The second-order valence-electron chi connectivity index (χ2n) is 6.99. The Hall–Kier alpha value is -3.29. The Labute approximate surface area is 169 Å². The van der Waals surface area contributed by atoms with E-state index < -0.39 is 0 Å². The number of aromatic nitrogens is 4. The van der Waals surface area contributed by atoms with Crippen molar-refractivity contribution < 1.29 is 9.32 Å². The van der Waals surface area contributed by atoms with Crippen LogP contribution in [0.2, 0.25) is 0 Å². The minimum absolute atomic E-state index is 0.107. The van der Waals surface area contributed by atoms with E-state index in [2.05, 4.69) is 44.1 Å². The van der Waals surface area contributed by atoms with E-state index in [0.29, 0.717) is 37.6 Å². The maximum absolute atomic E-state index is 12.6. The van der Waals surface area contributed by atoms with E-state index in [-0.39, 0.29) is 5.91 Å². The fourth-order valence-corrected chi connectivity index (χ4v) is 3.37. The summed E-state index contributed by atoms with van der Waals surface area (Å²) in [5.41, 5.74) is 2.19. The van der Waals surface area contributed by atoms with Gasteiger partial charge in [-0.15, -0.1) is 0 Å². The second-order valence-corrected chi connectivity index (χ2v) is 6.99. The summed E-state index contributed by atoms with van der Waals surface area (Å²) in [7, 11) is 0. The first-order chi connectivity index (χ1) is 14.2. The van der Waals surface area contributed by atoms with Gasteiger partial charge in [-0.2, -0.15) is 4.98 Å². The lowest BCUT2D eigenvalue weighted by Gasteiger charge is -2.35. The highest BCUT2D eigenvalue weighted by molar-refractivity contribution is 5.76. The molecule has 0 saturated carbocycles. The van der Waals surface area contributed by atoms with Gasteiger partial charge in [-0.3, -0.25) is 9.78 Å². The fourth-order valence-electron chi connectivity index (χ4n) is 3.37. The molecule has 29 heavy (non-hydrogen) atoms. The molecule has 0 atom stereocenters. The van der Waals surface area contributed by atoms with E-state index in [9.17, 15) is 4.79 Å². The van der Waals surface area contributed by atoms with Gasteiger partial charge >= 0.3 is 0 Å². The Kier molecular flexibility index (Phi) is 5.79. The minimum atomic E-state index is 0.107. The van der Waals surface area contributed by atoms with Crippen LogP contribution in [0.3, 0.4) is 0 Å². The summed E-state index contributed by atoms with van der Waals surface area (Å²) in [4.78, 5) is 29.4. The summed E-state index contributed by atoms with van der Waals surface area (Å²) in [5.74, 6) is 2.01. The number of carbonyl (C=O) groups is 1. The summed E-state index contributed by atoms with van der Waals surface area (Å²) in [6.07, 6.45) is 6.90. The van der Waals surface area contributed by atoms with E-state index in [1.54, 1.807) is 18.6 Å². The van der Waals surface area contributed by atoms with Crippen molar-refractivity contribution in [3.63, 3.8) is 0 Å². The lowest BCUT2D eigenvalue weighted by atomic mass is 10.1. The van der Waals surface area contributed by atoms with E-state index in [0.717, 1.165) is 30.9 Å². The number of carbonyl (C=O) groups excluding carboxylic acids is 1. The van der Waals surface area contributed by atoms with E-state index in [4.69, 9.17) is 4.52 Å². The number of rotatable bonds is 6. The van der Waals surface area contributed by atoms with Gasteiger partial charge in [0.25, 0.3) is 0 Å². The SMILES string of the molecule is CCc1ccc(-c2noc(CCC(=O)N3CCN(c4cnccn4)CC3)n2)cc1. The monoisotopic (exact) mass is 392 g/mol. The Morgan fingerprint density at radius 2 is 1.90 bits per heavy atom. The third-order valence-electron chi connectivity index (χ3n) is 5.15. The molecule has 1 aliphatic heterocycles. The van der Waals surface area contributed by atoms with Crippen LogP contribution in [0.25, 0.3) is 11.4 Å². The highest BCUT2D eigenvalue weighted by atomic mass is 16.5. The van der Waals surface area contributed by atoms with Gasteiger partial charge in [0.2, 0.25) is 17.6 Å². The van der Waals surface area contributed by atoms with Crippen LogP contribution in [0.4, 0.5) is 5.82 Å². The number of nitrogens with zero attached hydrogens (tertiary/aromatic N) is 6. The maximum atomic E-state index is 12.6. The molecule has 1 saturated heterocycles. The average molecular weight is 392 g/mol. The predicted molar refractivity (Wildman–Crippen MR) is 108 cm³/mol. The standard InChI is InChI=1S/C21H24N6O2/c1-2-16-3-5-17(6-4-16)21-24-19(29-25-21)7-8-20(28)27-13-11-26(12-14-27)18-15-22-9-10-23-18/h3-6,9-10,15H,2,7-8,11-14H2,1H3. The Morgan fingerprint density at radius 3 is 2.59 bits per heavy atom. The molecule has 0 spiro atoms. The van der Waals surface area contributed by atoms with Crippen LogP contribution in [0.5, 0.6) is 0 Å². The summed E-state index contributed by atoms with van der Waals surface area (Å²) in [6.45, 7) is 4.97. The van der Waals surface area contributed by atoms with Crippen molar-refractivity contribution in [3.8, 4) is 11.4 Å². The van der Waals surface area contributed by atoms with Gasteiger partial charge in [0.1, 0.15) is 5.82 Å². The van der Waals surface area contributed by atoms with Gasteiger partial charge in [-0.05, 0) is 12.0 Å². The Balaban J connectivity index is 1.27. The summed E-state index contributed by atoms with van der Waals surface area (Å²) < 4.78 is 5.33. The Morgan fingerprint density at radius 1 is 1.10 bits per heavy atom. The van der Waals surface area contributed by atoms with Crippen LogP contribution in [-0.2, 0) is 17.6 Å². The number of hydrogen-bond acceptors (Lipinski definition) is 7. The van der Waals surface area contributed by atoms with Crippen molar-refractivity contribution in [2.45, 2.75) is 26.2 Å². The molecule has 1 amide bonds. The third kappa shape index (κ3) is 4.59. The zero-order chi connectivity index (χ0) is 20.1. The van der Waals surface area contributed by atoms with Crippen molar-refractivity contribution in [1.29, 1.82) is 0 Å².